The van der Waals surface area contributed by atoms with Crippen LogP contribution in [0, 0.1) is 6.92 Å². The van der Waals surface area contributed by atoms with Gasteiger partial charge in [-0.05, 0) is 67.8 Å². The number of methoxy groups -OCH3 is 1. The molecule has 2 amide bonds. The maximum absolute atomic E-state index is 14.1. The second-order valence-electron chi connectivity index (χ2n) is 9.75. The average Bonchev–Trinajstić information content (AvgIpc) is 2.96. The Bertz CT molecular complexity index is 1430. The number of nitrogens with one attached hydrogen (secondary N) is 1. The Labute approximate surface area is 251 Å². The van der Waals surface area contributed by atoms with Crippen molar-refractivity contribution in [2.45, 2.75) is 57.5 Å². The Balaban J connectivity index is 2.04. The summed E-state index contributed by atoms with van der Waals surface area (Å²) in [6.07, 6.45) is 2.09. The molecule has 0 aromatic heterocycles. The lowest BCUT2D eigenvalue weighted by Gasteiger charge is -2.33. The van der Waals surface area contributed by atoms with Crippen LogP contribution in [0.1, 0.15) is 44.2 Å². The molecule has 0 spiro atoms. The first-order valence-electron chi connectivity index (χ1n) is 13.7. The summed E-state index contributed by atoms with van der Waals surface area (Å²) in [7, 11) is -2.57. The van der Waals surface area contributed by atoms with E-state index in [9.17, 15) is 18.0 Å². The Morgan fingerprint density at radius 1 is 1.00 bits per heavy atom. The minimum absolute atomic E-state index is 0.0690. The number of anilines is 1. The number of unbranched alkanes of at least 4 members (excludes halogenated alkanes) is 1. The number of nitrogens with zero attached hydrogens (tertiary/aromatic N) is 2. The lowest BCUT2D eigenvalue weighted by atomic mass is 10.1. The summed E-state index contributed by atoms with van der Waals surface area (Å²) in [5.41, 5.74) is 2.00. The topological polar surface area (TPSA) is 96.0 Å². The van der Waals surface area contributed by atoms with Gasteiger partial charge in [-0.15, -0.1) is 0 Å². The van der Waals surface area contributed by atoms with E-state index in [1.165, 1.54) is 17.0 Å². The predicted octanol–water partition coefficient (Wildman–Crippen LogP) is 5.69. The van der Waals surface area contributed by atoms with Crippen LogP contribution < -0.4 is 14.4 Å². The van der Waals surface area contributed by atoms with E-state index in [1.54, 1.807) is 55.6 Å². The molecule has 0 aliphatic rings. The van der Waals surface area contributed by atoms with Crippen molar-refractivity contribution in [3.8, 4) is 5.75 Å². The summed E-state index contributed by atoms with van der Waals surface area (Å²) in [6.45, 7) is 5.86. The van der Waals surface area contributed by atoms with Gasteiger partial charge >= 0.3 is 0 Å². The number of halogens is 1. The fraction of sp³-hybridized carbons (Fsp3) is 0.355. The van der Waals surface area contributed by atoms with Crippen molar-refractivity contribution in [3.05, 3.63) is 88.4 Å². The molecular weight excluding hydrogens is 606 g/mol. The molecule has 1 unspecified atom stereocenters. The number of amides is 2. The third kappa shape index (κ3) is 8.56. The van der Waals surface area contributed by atoms with Gasteiger partial charge in [0.25, 0.3) is 10.0 Å². The van der Waals surface area contributed by atoms with Crippen LogP contribution in [0.4, 0.5) is 5.69 Å². The number of benzene rings is 3. The van der Waals surface area contributed by atoms with Gasteiger partial charge in [-0.3, -0.25) is 13.9 Å². The van der Waals surface area contributed by atoms with Crippen molar-refractivity contribution in [2.24, 2.45) is 0 Å². The van der Waals surface area contributed by atoms with E-state index >= 15 is 0 Å². The maximum Gasteiger partial charge on any atom is 0.264 e. The molecule has 41 heavy (non-hydrogen) atoms. The molecule has 1 N–H and O–H groups in total. The molecule has 0 saturated carbocycles. The molecule has 3 aromatic carbocycles. The van der Waals surface area contributed by atoms with Crippen molar-refractivity contribution >= 4 is 43.5 Å². The molecule has 0 aliphatic carbocycles. The van der Waals surface area contributed by atoms with Gasteiger partial charge in [0.05, 0.1) is 17.7 Å². The average molecular weight is 645 g/mol. The number of rotatable bonds is 14. The van der Waals surface area contributed by atoms with Gasteiger partial charge in [0.2, 0.25) is 11.8 Å². The summed E-state index contributed by atoms with van der Waals surface area (Å²) in [5, 5.41) is 2.94. The molecule has 0 saturated heterocycles. The number of hydrogen-bond donors (Lipinski definition) is 1. The molecule has 0 bridgehead atoms. The zero-order valence-corrected chi connectivity index (χ0v) is 26.4. The van der Waals surface area contributed by atoms with Crippen LogP contribution in [0.2, 0.25) is 0 Å². The van der Waals surface area contributed by atoms with Crippen molar-refractivity contribution in [3.63, 3.8) is 0 Å². The predicted molar refractivity (Wildman–Crippen MR) is 165 cm³/mol. The highest BCUT2D eigenvalue weighted by molar-refractivity contribution is 9.10. The first-order chi connectivity index (χ1) is 19.6. The molecule has 0 radical (unpaired) electrons. The largest absolute Gasteiger partial charge is 0.497 e. The van der Waals surface area contributed by atoms with Crippen molar-refractivity contribution in [2.75, 3.05) is 24.5 Å². The zero-order chi connectivity index (χ0) is 30.0. The lowest BCUT2D eigenvalue weighted by molar-refractivity contribution is -0.140. The first-order valence-corrected chi connectivity index (χ1v) is 15.9. The van der Waals surface area contributed by atoms with Crippen LogP contribution in [0.15, 0.2) is 82.2 Å². The van der Waals surface area contributed by atoms with Crippen LogP contribution in [-0.2, 0) is 26.2 Å². The molecule has 0 fully saturated rings. The SMILES string of the molecule is CCCCNC(=O)C(CC)N(Cc1cccc(OC)c1)C(=O)CN(c1cccc(Br)c1)S(=O)(=O)c1ccc(C)cc1. The van der Waals surface area contributed by atoms with Gasteiger partial charge in [0.1, 0.15) is 18.3 Å². The standard InChI is InChI=1S/C31H38BrN3O5S/c1-5-7-18-33-31(37)29(6-2)34(21-24-10-8-13-27(19-24)40-4)30(36)22-35(26-12-9-11-25(32)20-26)41(38,39)28-16-14-23(3)15-17-28/h8-17,19-20,29H,5-7,18,21-22H2,1-4H3,(H,33,37). The van der Waals surface area contributed by atoms with Crippen LogP contribution in [0.25, 0.3) is 0 Å². The smallest absolute Gasteiger partial charge is 0.264 e. The maximum atomic E-state index is 14.1. The summed E-state index contributed by atoms with van der Waals surface area (Å²) < 4.78 is 35.0. The van der Waals surface area contributed by atoms with Crippen LogP contribution in [0.3, 0.4) is 0 Å². The Hall–Kier alpha value is -3.37. The molecule has 10 heteroatoms. The molecule has 3 aromatic rings. The highest BCUT2D eigenvalue weighted by atomic mass is 79.9. The molecule has 0 aliphatic heterocycles. The minimum Gasteiger partial charge on any atom is -0.497 e. The molecule has 220 valence electrons. The van der Waals surface area contributed by atoms with E-state index in [0.29, 0.717) is 28.9 Å². The number of aryl methyl sites for hydroxylation is 1. The van der Waals surface area contributed by atoms with Crippen molar-refractivity contribution in [1.29, 1.82) is 0 Å². The Morgan fingerprint density at radius 2 is 1.71 bits per heavy atom. The monoisotopic (exact) mass is 643 g/mol. The van der Waals surface area contributed by atoms with E-state index in [-0.39, 0.29) is 17.3 Å². The van der Waals surface area contributed by atoms with E-state index < -0.39 is 28.5 Å². The molecule has 1 atom stereocenters. The number of carbonyl (C=O) groups is 2. The van der Waals surface area contributed by atoms with Gasteiger partial charge in [-0.25, -0.2) is 8.42 Å². The summed E-state index contributed by atoms with van der Waals surface area (Å²) >= 11 is 3.42. The fourth-order valence-corrected chi connectivity index (χ4v) is 6.18. The highest BCUT2D eigenvalue weighted by Gasteiger charge is 2.33. The van der Waals surface area contributed by atoms with Gasteiger partial charge in [0.15, 0.2) is 0 Å². The zero-order valence-electron chi connectivity index (χ0n) is 24.0. The van der Waals surface area contributed by atoms with Crippen LogP contribution in [0.5, 0.6) is 5.75 Å². The van der Waals surface area contributed by atoms with Gasteiger partial charge in [-0.2, -0.15) is 0 Å². The van der Waals surface area contributed by atoms with Gasteiger partial charge in [-0.1, -0.05) is 72.1 Å². The van der Waals surface area contributed by atoms with E-state index in [1.807, 2.05) is 32.9 Å². The minimum atomic E-state index is -4.13. The highest BCUT2D eigenvalue weighted by Crippen LogP contribution is 2.27. The van der Waals surface area contributed by atoms with Crippen LogP contribution in [-0.4, -0.2) is 51.4 Å². The van der Waals surface area contributed by atoms with Gasteiger partial charge in [0, 0.05) is 17.6 Å². The van der Waals surface area contributed by atoms with E-state index in [2.05, 4.69) is 21.2 Å². The Kier molecular flexibility index (Phi) is 11.8. The van der Waals surface area contributed by atoms with Crippen LogP contribution >= 0.6 is 15.9 Å². The number of carbonyl (C=O) groups excluding carboxylic acids is 2. The summed E-state index contributed by atoms with van der Waals surface area (Å²) in [4.78, 5) is 29.0. The second-order valence-corrected chi connectivity index (χ2v) is 12.5. The lowest BCUT2D eigenvalue weighted by Crippen LogP contribution is -2.52. The third-order valence-corrected chi connectivity index (χ3v) is 8.97. The number of ether oxygens (including phenoxy) is 1. The Morgan fingerprint density at radius 3 is 2.34 bits per heavy atom. The second kappa shape index (κ2) is 15.0. The molecular formula is C31H38BrN3O5S. The first kappa shape index (κ1) is 32.1. The number of hydrogen-bond acceptors (Lipinski definition) is 5. The van der Waals surface area contributed by atoms with Crippen molar-refractivity contribution < 1.29 is 22.7 Å². The quantitative estimate of drug-likeness (QED) is 0.228. The fourth-order valence-electron chi connectivity index (χ4n) is 4.39. The van der Waals surface area contributed by atoms with Crippen molar-refractivity contribution in [1.82, 2.24) is 10.2 Å². The summed E-state index contributed by atoms with van der Waals surface area (Å²) in [6, 6.07) is 19.8. The van der Waals surface area contributed by atoms with Gasteiger partial charge < -0.3 is 15.0 Å². The molecule has 0 heterocycles. The molecule has 3 rings (SSSR count). The normalized spacial score (nSPS) is 11.9. The summed E-state index contributed by atoms with van der Waals surface area (Å²) in [5.74, 6) is -0.151. The van der Waals surface area contributed by atoms with E-state index in [4.69, 9.17) is 4.74 Å². The third-order valence-electron chi connectivity index (χ3n) is 6.69. The number of sulfonamides is 1. The van der Waals surface area contributed by atoms with E-state index in [0.717, 1.165) is 28.3 Å². The molecule has 8 nitrogen and oxygen atoms in total.